The largest absolute Gasteiger partial charge is 0.384 e. The summed E-state index contributed by atoms with van der Waals surface area (Å²) in [5.41, 5.74) is 1.38. The molecular weight excluding hydrogens is 332 g/mol. The van der Waals surface area contributed by atoms with Gasteiger partial charge in [0, 0.05) is 50.5 Å². The number of fused-ring (bicyclic) bond motifs is 1. The second kappa shape index (κ2) is 9.53. The molecule has 1 aromatic heterocycles. The van der Waals surface area contributed by atoms with Gasteiger partial charge in [-0.2, -0.15) is 0 Å². The van der Waals surface area contributed by atoms with E-state index in [0.717, 1.165) is 51.6 Å². The molecule has 25 heavy (non-hydrogen) atoms. The van der Waals surface area contributed by atoms with Crippen molar-refractivity contribution in [3.63, 3.8) is 0 Å². The van der Waals surface area contributed by atoms with E-state index in [1.807, 2.05) is 11.3 Å². The molecule has 2 heterocycles. The predicted octanol–water partition coefficient (Wildman–Crippen LogP) is 2.89. The number of likely N-dealkylation sites (tertiary alicyclic amines) is 1. The van der Waals surface area contributed by atoms with Gasteiger partial charge in [0.15, 0.2) is 5.96 Å². The van der Waals surface area contributed by atoms with Gasteiger partial charge in [-0.15, -0.1) is 11.3 Å². The fraction of sp³-hybridized carbons (Fsp3) is 0.789. The molecule has 1 aromatic rings. The molecule has 6 heteroatoms. The molecule has 0 bridgehead atoms. The Labute approximate surface area is 155 Å². The number of nitrogens with one attached hydrogen (secondary N) is 1. The molecule has 0 saturated carbocycles. The topological polar surface area (TPSA) is 49.8 Å². The Bertz CT molecular complexity index is 548. The van der Waals surface area contributed by atoms with Crippen LogP contribution in [0.4, 0.5) is 0 Å². The smallest absolute Gasteiger partial charge is 0.193 e. The number of guanidine groups is 1. The van der Waals surface area contributed by atoms with E-state index in [1.165, 1.54) is 42.8 Å². The number of aliphatic imine (C=N–C) groups is 1. The Morgan fingerprint density at radius 3 is 3.08 bits per heavy atom. The van der Waals surface area contributed by atoms with Crippen LogP contribution >= 0.6 is 11.3 Å². The molecule has 5 nitrogen and oxygen atoms in total. The number of nitrogens with zero attached hydrogens (tertiary/aromatic N) is 3. The summed E-state index contributed by atoms with van der Waals surface area (Å²) in [6.07, 6.45) is 8.42. The summed E-state index contributed by atoms with van der Waals surface area (Å²) >= 11 is 1.94. The summed E-state index contributed by atoms with van der Waals surface area (Å²) < 4.78 is 5.30. The minimum atomic E-state index is 0.635. The van der Waals surface area contributed by atoms with E-state index in [2.05, 4.69) is 17.1 Å². The van der Waals surface area contributed by atoms with Crippen molar-refractivity contribution in [2.24, 2.45) is 10.9 Å². The number of ether oxygens (including phenoxy) is 1. The van der Waals surface area contributed by atoms with Crippen LogP contribution in [0, 0.1) is 5.92 Å². The molecule has 2 aliphatic rings. The Hall–Kier alpha value is -1.14. The second-order valence-electron chi connectivity index (χ2n) is 7.08. The van der Waals surface area contributed by atoms with E-state index in [0.29, 0.717) is 5.92 Å². The quantitative estimate of drug-likeness (QED) is 0.459. The van der Waals surface area contributed by atoms with Gasteiger partial charge >= 0.3 is 0 Å². The number of aromatic nitrogens is 1. The molecule has 1 aliphatic heterocycles. The molecule has 0 amide bonds. The number of thiazole rings is 1. The first-order valence-corrected chi connectivity index (χ1v) is 10.6. The predicted molar refractivity (Wildman–Crippen MR) is 105 cm³/mol. The van der Waals surface area contributed by atoms with Crippen LogP contribution in [0.3, 0.4) is 0 Å². The number of methoxy groups -OCH3 is 1. The van der Waals surface area contributed by atoms with E-state index < -0.39 is 0 Å². The zero-order valence-electron chi connectivity index (χ0n) is 15.7. The van der Waals surface area contributed by atoms with Crippen molar-refractivity contribution in [3.05, 3.63) is 15.6 Å². The van der Waals surface area contributed by atoms with E-state index in [9.17, 15) is 0 Å². The third-order valence-corrected chi connectivity index (χ3v) is 6.24. The average molecular weight is 365 g/mol. The Balaban J connectivity index is 1.47. The summed E-state index contributed by atoms with van der Waals surface area (Å²) in [6, 6.07) is 0. The highest BCUT2D eigenvalue weighted by molar-refractivity contribution is 7.11. The second-order valence-corrected chi connectivity index (χ2v) is 8.25. The summed E-state index contributed by atoms with van der Waals surface area (Å²) in [7, 11) is 1.79. The number of rotatable bonds is 7. The minimum Gasteiger partial charge on any atom is -0.384 e. The Kier molecular flexibility index (Phi) is 7.11. The van der Waals surface area contributed by atoms with Gasteiger partial charge in [0.05, 0.1) is 17.3 Å². The van der Waals surface area contributed by atoms with Crippen LogP contribution in [0.2, 0.25) is 0 Å². The molecule has 0 aromatic carbocycles. The van der Waals surface area contributed by atoms with E-state index in [-0.39, 0.29) is 0 Å². The van der Waals surface area contributed by atoms with Crippen LogP contribution in [-0.4, -0.2) is 55.7 Å². The van der Waals surface area contributed by atoms with Crippen molar-refractivity contribution in [2.75, 3.05) is 39.9 Å². The van der Waals surface area contributed by atoms with Crippen LogP contribution in [0.25, 0.3) is 0 Å². The van der Waals surface area contributed by atoms with Crippen LogP contribution in [0.5, 0.6) is 0 Å². The number of aryl methyl sites for hydroxylation is 3. The Morgan fingerprint density at radius 2 is 2.28 bits per heavy atom. The van der Waals surface area contributed by atoms with Gasteiger partial charge < -0.3 is 15.0 Å². The van der Waals surface area contributed by atoms with E-state index in [1.54, 1.807) is 12.0 Å². The minimum absolute atomic E-state index is 0.635. The maximum absolute atomic E-state index is 5.30. The summed E-state index contributed by atoms with van der Waals surface area (Å²) in [4.78, 5) is 13.6. The maximum Gasteiger partial charge on any atom is 0.193 e. The molecule has 1 aliphatic carbocycles. The molecule has 1 atom stereocenters. The van der Waals surface area contributed by atoms with Gasteiger partial charge in [-0.05, 0) is 45.4 Å². The zero-order chi connectivity index (χ0) is 17.5. The first-order valence-electron chi connectivity index (χ1n) is 9.79. The first kappa shape index (κ1) is 18.6. The molecule has 140 valence electrons. The molecular formula is C19H32N4OS. The first-order chi connectivity index (χ1) is 12.3. The SMILES string of the molecule is CCNC(=NCCCc1nc2c(s1)CCCC2)N1CCC(COC)C1. The summed E-state index contributed by atoms with van der Waals surface area (Å²) in [5.74, 6) is 1.70. The molecule has 1 N–H and O–H groups in total. The van der Waals surface area contributed by atoms with Gasteiger partial charge in [-0.1, -0.05) is 0 Å². The van der Waals surface area contributed by atoms with Gasteiger partial charge in [-0.25, -0.2) is 4.98 Å². The average Bonchev–Trinajstić information content (AvgIpc) is 3.24. The molecule has 1 fully saturated rings. The Morgan fingerprint density at radius 1 is 1.40 bits per heavy atom. The number of hydrogen-bond acceptors (Lipinski definition) is 4. The molecule has 1 saturated heterocycles. The maximum atomic E-state index is 5.30. The van der Waals surface area contributed by atoms with E-state index >= 15 is 0 Å². The van der Waals surface area contributed by atoms with Crippen molar-refractivity contribution in [1.29, 1.82) is 0 Å². The fourth-order valence-corrected chi connectivity index (χ4v) is 4.95. The van der Waals surface area contributed by atoms with Gasteiger partial charge in [0.2, 0.25) is 0 Å². The van der Waals surface area contributed by atoms with Crippen LogP contribution in [-0.2, 0) is 24.0 Å². The lowest BCUT2D eigenvalue weighted by Crippen LogP contribution is -2.40. The monoisotopic (exact) mass is 364 g/mol. The van der Waals surface area contributed by atoms with Crippen molar-refractivity contribution >= 4 is 17.3 Å². The normalized spacial score (nSPS) is 20.8. The van der Waals surface area contributed by atoms with Crippen molar-refractivity contribution in [1.82, 2.24) is 15.2 Å². The van der Waals surface area contributed by atoms with E-state index in [4.69, 9.17) is 14.7 Å². The molecule has 0 radical (unpaired) electrons. The third-order valence-electron chi connectivity index (χ3n) is 5.02. The third kappa shape index (κ3) is 5.17. The summed E-state index contributed by atoms with van der Waals surface area (Å²) in [6.45, 7) is 6.92. The van der Waals surface area contributed by atoms with Crippen molar-refractivity contribution in [2.45, 2.75) is 51.9 Å². The lowest BCUT2D eigenvalue weighted by atomic mass is 10.0. The van der Waals surface area contributed by atoms with Gasteiger partial charge in [0.25, 0.3) is 0 Å². The highest BCUT2D eigenvalue weighted by atomic mass is 32.1. The van der Waals surface area contributed by atoms with Gasteiger partial charge in [-0.3, -0.25) is 4.99 Å². The summed E-state index contributed by atoms with van der Waals surface area (Å²) in [5, 5.41) is 4.76. The van der Waals surface area contributed by atoms with Crippen LogP contribution < -0.4 is 5.32 Å². The lowest BCUT2D eigenvalue weighted by molar-refractivity contribution is 0.157. The fourth-order valence-electron chi connectivity index (χ4n) is 3.75. The zero-order valence-corrected chi connectivity index (χ0v) is 16.5. The molecule has 1 unspecified atom stereocenters. The molecule has 0 spiro atoms. The van der Waals surface area contributed by atoms with Gasteiger partial charge in [0.1, 0.15) is 0 Å². The highest BCUT2D eigenvalue weighted by Crippen LogP contribution is 2.27. The lowest BCUT2D eigenvalue weighted by Gasteiger charge is -2.21. The van der Waals surface area contributed by atoms with Crippen molar-refractivity contribution in [3.8, 4) is 0 Å². The van der Waals surface area contributed by atoms with Crippen molar-refractivity contribution < 1.29 is 4.74 Å². The van der Waals surface area contributed by atoms with Crippen LogP contribution in [0.15, 0.2) is 4.99 Å². The highest BCUT2D eigenvalue weighted by Gasteiger charge is 2.24. The number of hydrogen-bond donors (Lipinski definition) is 1. The standard InChI is InChI=1S/C19H32N4OS/c1-3-20-19(23-12-10-15(13-23)14-24-2)21-11-6-9-18-22-16-7-4-5-8-17(16)25-18/h15H,3-14H2,1-2H3,(H,20,21). The molecule has 3 rings (SSSR count). The van der Waals surface area contributed by atoms with Crippen LogP contribution in [0.1, 0.15) is 48.2 Å².